The number of hydrogen-bond donors (Lipinski definition) is 1. The zero-order valence-electron chi connectivity index (χ0n) is 11.4. The van der Waals surface area contributed by atoms with Gasteiger partial charge in [-0.25, -0.2) is 0 Å². The summed E-state index contributed by atoms with van der Waals surface area (Å²) >= 11 is 0. The van der Waals surface area contributed by atoms with Crippen molar-refractivity contribution < 1.29 is 4.74 Å². The van der Waals surface area contributed by atoms with E-state index in [2.05, 4.69) is 4.90 Å². The summed E-state index contributed by atoms with van der Waals surface area (Å²) in [5.74, 6) is 1.94. The Morgan fingerprint density at radius 3 is 2.33 bits per heavy atom. The Balaban J connectivity index is 1.64. The van der Waals surface area contributed by atoms with Crippen molar-refractivity contribution in [2.45, 2.75) is 44.1 Å². The molecular weight excluding hydrogens is 224 g/mol. The third-order valence-electron chi connectivity index (χ3n) is 6.27. The fourth-order valence-corrected chi connectivity index (χ4v) is 6.05. The second kappa shape index (κ2) is 3.94. The molecule has 5 aliphatic rings. The van der Waals surface area contributed by atoms with Gasteiger partial charge < -0.3 is 10.5 Å². The minimum absolute atomic E-state index is 0.502. The normalized spacial score (nSPS) is 51.8. The van der Waals surface area contributed by atoms with E-state index in [9.17, 15) is 0 Å². The van der Waals surface area contributed by atoms with Crippen LogP contribution < -0.4 is 5.73 Å². The summed E-state index contributed by atoms with van der Waals surface area (Å²) in [7, 11) is 0. The fourth-order valence-electron chi connectivity index (χ4n) is 6.05. The Labute approximate surface area is 110 Å². The highest BCUT2D eigenvalue weighted by molar-refractivity contribution is 5.12. The Kier molecular flexibility index (Phi) is 2.56. The maximum atomic E-state index is 6.17. The minimum Gasteiger partial charge on any atom is -0.379 e. The van der Waals surface area contributed by atoms with E-state index in [1.165, 1.54) is 38.5 Å². The molecule has 3 heteroatoms. The highest BCUT2D eigenvalue weighted by atomic mass is 16.5. The molecule has 1 saturated heterocycles. The van der Waals surface area contributed by atoms with Crippen LogP contribution >= 0.6 is 0 Å². The van der Waals surface area contributed by atoms with Crippen molar-refractivity contribution in [2.75, 3.05) is 32.8 Å². The average molecular weight is 250 g/mol. The van der Waals surface area contributed by atoms with Crippen LogP contribution in [-0.4, -0.2) is 43.3 Å². The number of hydrogen-bond acceptors (Lipinski definition) is 3. The lowest BCUT2D eigenvalue weighted by atomic mass is 9.46. The van der Waals surface area contributed by atoms with Crippen molar-refractivity contribution in [3.8, 4) is 0 Å². The molecule has 0 aromatic carbocycles. The van der Waals surface area contributed by atoms with Gasteiger partial charge in [-0.2, -0.15) is 0 Å². The van der Waals surface area contributed by atoms with Crippen molar-refractivity contribution >= 4 is 0 Å². The van der Waals surface area contributed by atoms with Crippen molar-refractivity contribution in [3.05, 3.63) is 0 Å². The Bertz CT molecular complexity index is 323. The van der Waals surface area contributed by atoms with Gasteiger partial charge in [0.1, 0.15) is 0 Å². The maximum Gasteiger partial charge on any atom is 0.0594 e. The molecule has 4 bridgehead atoms. The third kappa shape index (κ3) is 1.60. The van der Waals surface area contributed by atoms with Crippen LogP contribution in [0.1, 0.15) is 38.5 Å². The van der Waals surface area contributed by atoms with E-state index in [1.54, 1.807) is 0 Å². The summed E-state index contributed by atoms with van der Waals surface area (Å²) in [4.78, 5) is 2.78. The Morgan fingerprint density at radius 2 is 1.72 bits per heavy atom. The van der Waals surface area contributed by atoms with Gasteiger partial charge in [-0.05, 0) is 62.3 Å². The molecule has 5 rings (SSSR count). The highest BCUT2D eigenvalue weighted by Gasteiger charge is 2.58. The molecule has 0 aromatic heterocycles. The van der Waals surface area contributed by atoms with Gasteiger partial charge in [0.25, 0.3) is 0 Å². The van der Waals surface area contributed by atoms with Crippen LogP contribution in [0.3, 0.4) is 0 Å². The van der Waals surface area contributed by atoms with Gasteiger partial charge in [0.15, 0.2) is 0 Å². The monoisotopic (exact) mass is 250 g/mol. The molecule has 0 amide bonds. The van der Waals surface area contributed by atoms with E-state index in [1.807, 2.05) is 0 Å². The molecule has 2 atom stereocenters. The lowest BCUT2D eigenvalue weighted by Crippen LogP contribution is -2.66. The number of morpholine rings is 1. The molecule has 3 nitrogen and oxygen atoms in total. The summed E-state index contributed by atoms with van der Waals surface area (Å²) in [5.41, 5.74) is 7.18. The standard InChI is InChI=1S/C15H26N2O/c16-11-14-6-12-5-13(7-14)9-15(8-12,10-14)17-1-3-18-4-2-17/h12-13H,1-11,16H2. The fraction of sp³-hybridized carbons (Fsp3) is 1.00. The molecule has 2 N–H and O–H groups in total. The van der Waals surface area contributed by atoms with Crippen molar-refractivity contribution in [3.63, 3.8) is 0 Å². The molecule has 1 heterocycles. The molecule has 4 saturated carbocycles. The van der Waals surface area contributed by atoms with E-state index < -0.39 is 0 Å². The first-order valence-corrected chi connectivity index (χ1v) is 7.77. The van der Waals surface area contributed by atoms with E-state index in [0.717, 1.165) is 44.7 Å². The van der Waals surface area contributed by atoms with Gasteiger partial charge >= 0.3 is 0 Å². The molecule has 0 radical (unpaired) electrons. The predicted molar refractivity (Wildman–Crippen MR) is 71.3 cm³/mol. The maximum absolute atomic E-state index is 6.17. The molecule has 18 heavy (non-hydrogen) atoms. The summed E-state index contributed by atoms with van der Waals surface area (Å²) in [6, 6.07) is 0. The van der Waals surface area contributed by atoms with Crippen LogP contribution in [0.25, 0.3) is 0 Å². The zero-order chi connectivity index (χ0) is 12.2. The Hall–Kier alpha value is -0.120. The molecule has 4 aliphatic carbocycles. The van der Waals surface area contributed by atoms with E-state index in [0.29, 0.717) is 11.0 Å². The van der Waals surface area contributed by atoms with Gasteiger partial charge in [-0.15, -0.1) is 0 Å². The van der Waals surface area contributed by atoms with E-state index in [-0.39, 0.29) is 0 Å². The van der Waals surface area contributed by atoms with Gasteiger partial charge in [0, 0.05) is 18.6 Å². The largest absolute Gasteiger partial charge is 0.379 e. The van der Waals surface area contributed by atoms with Crippen molar-refractivity contribution in [1.29, 1.82) is 0 Å². The van der Waals surface area contributed by atoms with Crippen LogP contribution in [-0.2, 0) is 4.74 Å². The van der Waals surface area contributed by atoms with Crippen LogP contribution in [0.15, 0.2) is 0 Å². The first kappa shape index (κ1) is 11.7. The topological polar surface area (TPSA) is 38.5 Å². The molecular formula is C15H26N2O. The van der Waals surface area contributed by atoms with Crippen LogP contribution in [0, 0.1) is 17.3 Å². The van der Waals surface area contributed by atoms with Crippen LogP contribution in [0.5, 0.6) is 0 Å². The van der Waals surface area contributed by atoms with Crippen molar-refractivity contribution in [1.82, 2.24) is 4.90 Å². The third-order valence-corrected chi connectivity index (χ3v) is 6.27. The second-order valence-corrected chi connectivity index (χ2v) is 7.49. The molecule has 102 valence electrons. The number of ether oxygens (including phenoxy) is 1. The summed E-state index contributed by atoms with van der Waals surface area (Å²) in [5, 5.41) is 0. The van der Waals surface area contributed by atoms with Gasteiger partial charge in [-0.3, -0.25) is 4.90 Å². The first-order chi connectivity index (χ1) is 8.74. The molecule has 0 spiro atoms. The highest BCUT2D eigenvalue weighted by Crippen LogP contribution is 2.62. The quantitative estimate of drug-likeness (QED) is 0.809. The molecule has 2 unspecified atom stereocenters. The predicted octanol–water partition coefficient (Wildman–Crippen LogP) is 1.62. The SMILES string of the molecule is NCC12CC3CC(C1)CC(N1CCOCC1)(C3)C2. The second-order valence-electron chi connectivity index (χ2n) is 7.49. The lowest BCUT2D eigenvalue weighted by Gasteiger charge is -2.65. The number of nitrogens with two attached hydrogens (primary N) is 1. The van der Waals surface area contributed by atoms with Gasteiger partial charge in [0.2, 0.25) is 0 Å². The van der Waals surface area contributed by atoms with Gasteiger partial charge in [-0.1, -0.05) is 0 Å². The van der Waals surface area contributed by atoms with Crippen molar-refractivity contribution in [2.24, 2.45) is 23.0 Å². The number of rotatable bonds is 2. The molecule has 0 aromatic rings. The summed E-state index contributed by atoms with van der Waals surface area (Å²) in [6.45, 7) is 5.10. The first-order valence-electron chi connectivity index (χ1n) is 7.77. The van der Waals surface area contributed by atoms with Gasteiger partial charge in [0.05, 0.1) is 13.2 Å². The summed E-state index contributed by atoms with van der Waals surface area (Å²) < 4.78 is 5.55. The smallest absolute Gasteiger partial charge is 0.0594 e. The minimum atomic E-state index is 0.502. The number of nitrogens with zero attached hydrogens (tertiary/aromatic N) is 1. The lowest BCUT2D eigenvalue weighted by molar-refractivity contribution is -0.147. The van der Waals surface area contributed by atoms with Crippen LogP contribution in [0.2, 0.25) is 0 Å². The van der Waals surface area contributed by atoms with E-state index >= 15 is 0 Å². The molecule has 1 aliphatic heterocycles. The molecule has 5 fully saturated rings. The van der Waals surface area contributed by atoms with E-state index in [4.69, 9.17) is 10.5 Å². The van der Waals surface area contributed by atoms with Crippen LogP contribution in [0.4, 0.5) is 0 Å². The summed E-state index contributed by atoms with van der Waals surface area (Å²) in [6.07, 6.45) is 8.62. The zero-order valence-corrected chi connectivity index (χ0v) is 11.4. The Morgan fingerprint density at radius 1 is 1.06 bits per heavy atom. The average Bonchev–Trinajstić information content (AvgIpc) is 2.38.